The van der Waals surface area contributed by atoms with Gasteiger partial charge in [0.05, 0.1) is 0 Å². The minimum Gasteiger partial charge on any atom is -0.378 e. The Labute approximate surface area is 98.5 Å². The van der Waals surface area contributed by atoms with Crippen molar-refractivity contribution < 1.29 is 0 Å². The summed E-state index contributed by atoms with van der Waals surface area (Å²) in [5.41, 5.74) is 4.42. The van der Waals surface area contributed by atoms with Crippen LogP contribution in [-0.2, 0) is 0 Å². The van der Waals surface area contributed by atoms with E-state index in [1.54, 1.807) is 0 Å². The summed E-state index contributed by atoms with van der Waals surface area (Å²) in [6.45, 7) is 7.98. The number of rotatable bonds is 4. The highest BCUT2D eigenvalue weighted by atomic mass is 15.1. The zero-order chi connectivity index (χ0) is 12.3. The van der Waals surface area contributed by atoms with E-state index in [1.807, 2.05) is 45.2 Å². The Hall–Kier alpha value is -1.70. The van der Waals surface area contributed by atoms with Crippen LogP contribution in [0, 0.1) is 0 Å². The third kappa shape index (κ3) is 2.27. The lowest BCUT2D eigenvalue weighted by Crippen LogP contribution is -2.16. The predicted molar refractivity (Wildman–Crippen MR) is 73.6 cm³/mol. The highest BCUT2D eigenvalue weighted by Gasteiger charge is 2.12. The second-order valence-electron chi connectivity index (χ2n) is 4.18. The van der Waals surface area contributed by atoms with E-state index < -0.39 is 0 Å². The van der Waals surface area contributed by atoms with Gasteiger partial charge in [-0.1, -0.05) is 31.4 Å². The summed E-state index contributed by atoms with van der Waals surface area (Å²) >= 11 is 0. The minimum atomic E-state index is 0.999. The highest BCUT2D eigenvalue weighted by Crippen LogP contribution is 2.30. The van der Waals surface area contributed by atoms with Crippen molar-refractivity contribution in [2.24, 2.45) is 0 Å². The Morgan fingerprint density at radius 1 is 1.19 bits per heavy atom. The van der Waals surface area contributed by atoms with Crippen LogP contribution in [0.3, 0.4) is 0 Å². The summed E-state index contributed by atoms with van der Waals surface area (Å²) in [6, 6.07) is 6.19. The SMILES string of the molecule is C=Cc1cccc(N(C)C)c1C(=C)N(C)C. The van der Waals surface area contributed by atoms with Crippen molar-refractivity contribution in [3.05, 3.63) is 42.5 Å². The first kappa shape index (κ1) is 12.4. The fourth-order valence-corrected chi connectivity index (χ4v) is 1.64. The van der Waals surface area contributed by atoms with Gasteiger partial charge in [-0.15, -0.1) is 0 Å². The first-order valence-electron chi connectivity index (χ1n) is 5.28. The van der Waals surface area contributed by atoms with Crippen molar-refractivity contribution in [3.8, 4) is 0 Å². The van der Waals surface area contributed by atoms with E-state index in [-0.39, 0.29) is 0 Å². The molecule has 2 heteroatoms. The standard InChI is InChI=1S/C14H20N2/c1-7-12-9-8-10-13(16(5)6)14(12)11(2)15(3)4/h7-10H,1-2H2,3-6H3. The van der Waals surface area contributed by atoms with Gasteiger partial charge in [-0.25, -0.2) is 0 Å². The van der Waals surface area contributed by atoms with Crippen LogP contribution < -0.4 is 4.90 Å². The van der Waals surface area contributed by atoms with Crippen molar-refractivity contribution >= 4 is 17.5 Å². The van der Waals surface area contributed by atoms with Gasteiger partial charge in [-0.3, -0.25) is 0 Å². The number of anilines is 1. The molecule has 0 aliphatic carbocycles. The van der Waals surface area contributed by atoms with Gasteiger partial charge in [0.25, 0.3) is 0 Å². The minimum absolute atomic E-state index is 0.999. The summed E-state index contributed by atoms with van der Waals surface area (Å²) in [5.74, 6) is 0. The second-order valence-corrected chi connectivity index (χ2v) is 4.18. The molecule has 0 radical (unpaired) electrons. The van der Waals surface area contributed by atoms with Crippen molar-refractivity contribution in [1.29, 1.82) is 0 Å². The quantitative estimate of drug-likeness (QED) is 0.763. The molecule has 0 aliphatic heterocycles. The molecule has 1 rings (SSSR count). The summed E-state index contributed by atoms with van der Waals surface area (Å²) in [5, 5.41) is 0. The number of hydrogen-bond acceptors (Lipinski definition) is 2. The van der Waals surface area contributed by atoms with Gasteiger partial charge in [0.1, 0.15) is 0 Å². The van der Waals surface area contributed by atoms with Gasteiger partial charge in [0.2, 0.25) is 0 Å². The molecular formula is C14H20N2. The van der Waals surface area contributed by atoms with E-state index in [0.717, 1.165) is 22.5 Å². The maximum atomic E-state index is 4.13. The molecule has 16 heavy (non-hydrogen) atoms. The van der Waals surface area contributed by atoms with Crippen LogP contribution in [0.1, 0.15) is 11.1 Å². The molecule has 0 aliphatic rings. The van der Waals surface area contributed by atoms with Crippen molar-refractivity contribution in [1.82, 2.24) is 4.90 Å². The largest absolute Gasteiger partial charge is 0.378 e. The molecular weight excluding hydrogens is 196 g/mol. The Morgan fingerprint density at radius 3 is 2.25 bits per heavy atom. The molecule has 0 N–H and O–H groups in total. The molecule has 0 saturated heterocycles. The van der Waals surface area contributed by atoms with Crippen molar-refractivity contribution in [2.45, 2.75) is 0 Å². The van der Waals surface area contributed by atoms with Crippen molar-refractivity contribution in [3.63, 3.8) is 0 Å². The van der Waals surface area contributed by atoms with Gasteiger partial charge in [-0.2, -0.15) is 0 Å². The molecule has 0 unspecified atom stereocenters. The smallest absolute Gasteiger partial charge is 0.0461 e. The summed E-state index contributed by atoms with van der Waals surface area (Å²) in [7, 11) is 8.08. The van der Waals surface area contributed by atoms with Gasteiger partial charge in [0.15, 0.2) is 0 Å². The first-order chi connectivity index (χ1) is 7.49. The van der Waals surface area contributed by atoms with Crippen LogP contribution in [0.15, 0.2) is 31.4 Å². The van der Waals surface area contributed by atoms with E-state index in [9.17, 15) is 0 Å². The molecule has 0 bridgehead atoms. The van der Waals surface area contributed by atoms with Gasteiger partial charge in [-0.05, 0) is 11.6 Å². The zero-order valence-electron chi connectivity index (χ0n) is 10.6. The maximum absolute atomic E-state index is 4.13. The van der Waals surface area contributed by atoms with Crippen LogP contribution >= 0.6 is 0 Å². The normalized spacial score (nSPS) is 9.75. The molecule has 0 aromatic heterocycles. The van der Waals surface area contributed by atoms with Crippen LogP contribution in [0.2, 0.25) is 0 Å². The lowest BCUT2D eigenvalue weighted by atomic mass is 10.0. The van der Waals surface area contributed by atoms with Crippen LogP contribution in [0.5, 0.6) is 0 Å². The molecule has 0 spiro atoms. The zero-order valence-corrected chi connectivity index (χ0v) is 10.6. The van der Waals surface area contributed by atoms with E-state index in [1.165, 1.54) is 0 Å². The monoisotopic (exact) mass is 216 g/mol. The fraction of sp³-hybridized carbons (Fsp3) is 0.286. The van der Waals surface area contributed by atoms with Crippen molar-refractivity contribution in [2.75, 3.05) is 33.1 Å². The molecule has 0 atom stereocenters. The van der Waals surface area contributed by atoms with E-state index in [0.29, 0.717) is 0 Å². The van der Waals surface area contributed by atoms with Crippen LogP contribution in [0.4, 0.5) is 5.69 Å². The van der Waals surface area contributed by atoms with E-state index in [4.69, 9.17) is 0 Å². The van der Waals surface area contributed by atoms with Crippen LogP contribution in [-0.4, -0.2) is 33.1 Å². The molecule has 0 saturated carbocycles. The van der Waals surface area contributed by atoms with Crippen LogP contribution in [0.25, 0.3) is 11.8 Å². The van der Waals surface area contributed by atoms with Gasteiger partial charge in [0, 0.05) is 45.1 Å². The summed E-state index contributed by atoms with van der Waals surface area (Å²) in [4.78, 5) is 4.12. The molecule has 0 heterocycles. The van der Waals surface area contributed by atoms with E-state index in [2.05, 4.69) is 30.2 Å². The average molecular weight is 216 g/mol. The molecule has 0 fully saturated rings. The third-order valence-corrected chi connectivity index (χ3v) is 2.60. The first-order valence-corrected chi connectivity index (χ1v) is 5.28. The molecule has 2 nitrogen and oxygen atoms in total. The molecule has 1 aromatic rings. The maximum Gasteiger partial charge on any atom is 0.0461 e. The predicted octanol–water partition coefficient (Wildman–Crippen LogP) is 2.93. The topological polar surface area (TPSA) is 6.48 Å². The Bertz CT molecular complexity index is 403. The fourth-order valence-electron chi connectivity index (χ4n) is 1.64. The third-order valence-electron chi connectivity index (χ3n) is 2.60. The Kier molecular flexibility index (Phi) is 3.78. The average Bonchev–Trinajstić information content (AvgIpc) is 2.26. The lowest BCUT2D eigenvalue weighted by Gasteiger charge is -2.24. The van der Waals surface area contributed by atoms with Gasteiger partial charge < -0.3 is 9.80 Å². The Balaban J connectivity index is 3.41. The van der Waals surface area contributed by atoms with E-state index >= 15 is 0 Å². The van der Waals surface area contributed by atoms with Gasteiger partial charge >= 0.3 is 0 Å². The number of benzene rings is 1. The lowest BCUT2D eigenvalue weighted by molar-refractivity contribution is 0.593. The Morgan fingerprint density at radius 2 is 1.81 bits per heavy atom. The summed E-state index contributed by atoms with van der Waals surface area (Å²) < 4.78 is 0. The number of nitrogens with zero attached hydrogens (tertiary/aromatic N) is 2. The highest BCUT2D eigenvalue weighted by molar-refractivity contribution is 5.81. The number of hydrogen-bond donors (Lipinski definition) is 0. The summed E-state index contributed by atoms with van der Waals surface area (Å²) in [6.07, 6.45) is 1.87. The molecule has 86 valence electrons. The molecule has 0 amide bonds. The molecule has 1 aromatic carbocycles. The second kappa shape index (κ2) is 4.88.